The molecule has 0 bridgehead atoms. The van der Waals surface area contributed by atoms with E-state index in [2.05, 4.69) is 9.97 Å². The molecule has 1 aliphatic carbocycles. The summed E-state index contributed by atoms with van der Waals surface area (Å²) in [7, 11) is 0. The van der Waals surface area contributed by atoms with Crippen molar-refractivity contribution < 1.29 is 4.39 Å². The van der Waals surface area contributed by atoms with Gasteiger partial charge in [0.25, 0.3) is 0 Å². The number of aryl methyl sites for hydroxylation is 3. The van der Waals surface area contributed by atoms with Crippen LogP contribution in [-0.4, -0.2) is 9.97 Å². The Bertz CT molecular complexity index is 564. The van der Waals surface area contributed by atoms with Crippen LogP contribution in [0.3, 0.4) is 0 Å². The molecule has 0 amide bonds. The number of aromatic nitrogens is 2. The lowest BCUT2D eigenvalue weighted by atomic mass is 9.89. The zero-order chi connectivity index (χ0) is 11.1. The third-order valence-electron chi connectivity index (χ3n) is 2.98. The van der Waals surface area contributed by atoms with Crippen molar-refractivity contribution in [2.45, 2.75) is 19.8 Å². The zero-order valence-electron chi connectivity index (χ0n) is 9.00. The molecular weight excluding hydrogens is 203 g/mol. The molecule has 0 atom stereocenters. The molecule has 0 saturated carbocycles. The van der Waals surface area contributed by atoms with Gasteiger partial charge in [0.1, 0.15) is 11.6 Å². The van der Waals surface area contributed by atoms with Gasteiger partial charge in [0, 0.05) is 11.8 Å². The van der Waals surface area contributed by atoms with E-state index in [1.807, 2.05) is 13.0 Å². The summed E-state index contributed by atoms with van der Waals surface area (Å²) in [6.07, 6.45) is 3.64. The Kier molecular flexibility index (Phi) is 1.99. The van der Waals surface area contributed by atoms with Crippen molar-refractivity contribution in [2.75, 3.05) is 0 Å². The molecule has 0 saturated heterocycles. The van der Waals surface area contributed by atoms with Crippen LogP contribution in [0.1, 0.15) is 17.1 Å². The van der Waals surface area contributed by atoms with E-state index in [-0.39, 0.29) is 5.82 Å². The van der Waals surface area contributed by atoms with E-state index in [0.717, 1.165) is 35.5 Å². The first-order valence-corrected chi connectivity index (χ1v) is 5.35. The molecule has 0 aliphatic heterocycles. The number of rotatable bonds is 0. The van der Waals surface area contributed by atoms with Crippen molar-refractivity contribution in [3.8, 4) is 11.1 Å². The predicted octanol–water partition coefficient (Wildman–Crippen LogP) is 2.69. The van der Waals surface area contributed by atoms with Crippen LogP contribution >= 0.6 is 0 Å². The molecule has 3 heteroatoms. The van der Waals surface area contributed by atoms with E-state index in [1.54, 1.807) is 12.3 Å². The lowest BCUT2D eigenvalue weighted by Crippen LogP contribution is -2.08. The summed E-state index contributed by atoms with van der Waals surface area (Å²) in [6, 6.07) is 4.94. The van der Waals surface area contributed by atoms with E-state index in [9.17, 15) is 4.39 Å². The molecule has 0 N–H and O–H groups in total. The molecule has 1 aliphatic rings. The third kappa shape index (κ3) is 1.40. The monoisotopic (exact) mass is 214 g/mol. The topological polar surface area (TPSA) is 25.8 Å². The maximum Gasteiger partial charge on any atom is 0.125 e. The summed E-state index contributed by atoms with van der Waals surface area (Å²) in [5, 5.41) is 0. The molecule has 0 spiro atoms. The van der Waals surface area contributed by atoms with Crippen LogP contribution < -0.4 is 0 Å². The fourth-order valence-corrected chi connectivity index (χ4v) is 2.20. The van der Waals surface area contributed by atoms with Crippen LogP contribution in [0.25, 0.3) is 11.1 Å². The second kappa shape index (κ2) is 3.37. The van der Waals surface area contributed by atoms with Gasteiger partial charge < -0.3 is 0 Å². The van der Waals surface area contributed by atoms with E-state index in [1.165, 1.54) is 11.6 Å². The van der Waals surface area contributed by atoms with Gasteiger partial charge in [-0.2, -0.15) is 0 Å². The second-order valence-electron chi connectivity index (χ2n) is 4.08. The fourth-order valence-electron chi connectivity index (χ4n) is 2.20. The quantitative estimate of drug-likeness (QED) is 0.673. The van der Waals surface area contributed by atoms with Crippen LogP contribution in [0.5, 0.6) is 0 Å². The van der Waals surface area contributed by atoms with Gasteiger partial charge >= 0.3 is 0 Å². The summed E-state index contributed by atoms with van der Waals surface area (Å²) in [5.41, 5.74) is 4.14. The van der Waals surface area contributed by atoms with E-state index >= 15 is 0 Å². The number of hydrogen-bond donors (Lipinski definition) is 0. The van der Waals surface area contributed by atoms with Crippen molar-refractivity contribution in [1.82, 2.24) is 9.97 Å². The number of benzene rings is 1. The number of halogens is 1. The minimum Gasteiger partial charge on any atom is -0.241 e. The Morgan fingerprint density at radius 2 is 2.06 bits per heavy atom. The second-order valence-corrected chi connectivity index (χ2v) is 4.08. The largest absolute Gasteiger partial charge is 0.241 e. The first kappa shape index (κ1) is 9.46. The molecule has 0 radical (unpaired) electrons. The molecule has 16 heavy (non-hydrogen) atoms. The summed E-state index contributed by atoms with van der Waals surface area (Å²) in [4.78, 5) is 8.60. The fraction of sp³-hybridized carbons (Fsp3) is 0.231. The minimum atomic E-state index is -0.202. The minimum absolute atomic E-state index is 0.202. The Labute approximate surface area is 93.2 Å². The summed E-state index contributed by atoms with van der Waals surface area (Å²) in [6.45, 7) is 1.88. The predicted molar refractivity (Wildman–Crippen MR) is 59.6 cm³/mol. The first-order chi connectivity index (χ1) is 7.74. The summed E-state index contributed by atoms with van der Waals surface area (Å²) >= 11 is 0. The molecule has 1 aromatic carbocycles. The lowest BCUT2D eigenvalue weighted by Gasteiger charge is -2.18. The van der Waals surface area contributed by atoms with E-state index in [0.29, 0.717) is 0 Å². The maximum absolute atomic E-state index is 13.2. The molecule has 1 heterocycles. The van der Waals surface area contributed by atoms with Crippen molar-refractivity contribution >= 4 is 0 Å². The van der Waals surface area contributed by atoms with Gasteiger partial charge in [-0.1, -0.05) is 6.07 Å². The highest BCUT2D eigenvalue weighted by Gasteiger charge is 2.17. The van der Waals surface area contributed by atoms with Crippen molar-refractivity contribution in [2.24, 2.45) is 0 Å². The Morgan fingerprint density at radius 3 is 2.94 bits per heavy atom. The molecule has 0 unspecified atom stereocenters. The highest BCUT2D eigenvalue weighted by atomic mass is 19.1. The van der Waals surface area contributed by atoms with E-state index < -0.39 is 0 Å². The molecule has 2 aromatic rings. The maximum atomic E-state index is 13.2. The normalized spacial score (nSPS) is 13.1. The van der Waals surface area contributed by atoms with Gasteiger partial charge in [-0.3, -0.25) is 0 Å². The summed E-state index contributed by atoms with van der Waals surface area (Å²) in [5.74, 6) is 0.575. The van der Waals surface area contributed by atoms with Crippen molar-refractivity contribution in [3.05, 3.63) is 47.3 Å². The third-order valence-corrected chi connectivity index (χ3v) is 2.98. The van der Waals surface area contributed by atoms with Crippen LogP contribution in [0, 0.1) is 12.7 Å². The van der Waals surface area contributed by atoms with Gasteiger partial charge in [0.2, 0.25) is 0 Å². The lowest BCUT2D eigenvalue weighted by molar-refractivity contribution is 0.627. The smallest absolute Gasteiger partial charge is 0.125 e. The highest BCUT2D eigenvalue weighted by Crippen LogP contribution is 2.32. The number of fused-ring (bicyclic) bond motifs is 3. The molecule has 80 valence electrons. The zero-order valence-corrected chi connectivity index (χ0v) is 9.00. The van der Waals surface area contributed by atoms with Crippen LogP contribution in [-0.2, 0) is 12.8 Å². The SMILES string of the molecule is Cc1ncc2c(n1)CCc1ccc(F)cc1-2. The standard InChI is InChI=1S/C13H11FN2/c1-8-15-7-12-11-6-10(14)4-2-9(11)3-5-13(12)16-8/h2,4,6-7H,3,5H2,1H3. The average molecular weight is 214 g/mol. The van der Waals surface area contributed by atoms with Gasteiger partial charge in [0.05, 0.1) is 5.69 Å². The van der Waals surface area contributed by atoms with Crippen LogP contribution in [0.2, 0.25) is 0 Å². The molecule has 3 rings (SSSR count). The van der Waals surface area contributed by atoms with Gasteiger partial charge in [-0.05, 0) is 43.0 Å². The van der Waals surface area contributed by atoms with E-state index in [4.69, 9.17) is 0 Å². The van der Waals surface area contributed by atoms with Crippen molar-refractivity contribution in [1.29, 1.82) is 0 Å². The average Bonchev–Trinajstić information content (AvgIpc) is 2.28. The molecule has 1 aromatic heterocycles. The first-order valence-electron chi connectivity index (χ1n) is 5.35. The van der Waals surface area contributed by atoms with Crippen molar-refractivity contribution in [3.63, 3.8) is 0 Å². The van der Waals surface area contributed by atoms with Gasteiger partial charge in [0.15, 0.2) is 0 Å². The van der Waals surface area contributed by atoms with Gasteiger partial charge in [-0.15, -0.1) is 0 Å². The Balaban J connectivity index is 2.25. The Morgan fingerprint density at radius 1 is 1.19 bits per heavy atom. The number of nitrogens with zero attached hydrogens (tertiary/aromatic N) is 2. The van der Waals surface area contributed by atoms with Crippen LogP contribution in [0.15, 0.2) is 24.4 Å². The van der Waals surface area contributed by atoms with Gasteiger partial charge in [-0.25, -0.2) is 14.4 Å². The van der Waals surface area contributed by atoms with Crippen LogP contribution in [0.4, 0.5) is 4.39 Å². The molecular formula is C13H11FN2. The molecule has 2 nitrogen and oxygen atoms in total. The number of hydrogen-bond acceptors (Lipinski definition) is 2. The highest BCUT2D eigenvalue weighted by molar-refractivity contribution is 5.71. The summed E-state index contributed by atoms with van der Waals surface area (Å²) < 4.78 is 13.2. The molecule has 0 fully saturated rings. The Hall–Kier alpha value is -1.77.